The summed E-state index contributed by atoms with van der Waals surface area (Å²) in [5.74, 6) is -1.74. The molecule has 2 rings (SSSR count). The van der Waals surface area contributed by atoms with Gasteiger partial charge in [-0.1, -0.05) is 76.1 Å². The van der Waals surface area contributed by atoms with E-state index < -0.39 is 11.8 Å². The van der Waals surface area contributed by atoms with Crippen molar-refractivity contribution in [2.45, 2.75) is 58.3 Å². The number of ketones is 1. The highest BCUT2D eigenvalue weighted by Gasteiger charge is 2.21. The lowest BCUT2D eigenvalue weighted by atomic mass is 9.97. The molecule has 0 aliphatic heterocycles. The second-order valence-electron chi connectivity index (χ2n) is 7.16. The van der Waals surface area contributed by atoms with E-state index in [2.05, 4.69) is 6.92 Å². The number of carboxylic acid groups (broad SMARTS) is 1. The molecule has 0 radical (unpaired) electrons. The lowest BCUT2D eigenvalue weighted by Crippen LogP contribution is -2.10. The molecule has 156 valence electrons. The molecular weight excluding hydrogens is 368 g/mol. The average Bonchev–Trinajstić information content (AvgIpc) is 2.73. The van der Waals surface area contributed by atoms with Crippen molar-refractivity contribution in [3.8, 4) is 11.5 Å². The first-order valence-electron chi connectivity index (χ1n) is 10.4. The van der Waals surface area contributed by atoms with Crippen LogP contribution < -0.4 is 4.74 Å². The molecule has 2 aromatic carbocycles. The predicted molar refractivity (Wildman–Crippen MR) is 113 cm³/mol. The number of benzene rings is 2. The summed E-state index contributed by atoms with van der Waals surface area (Å²) in [6.07, 6.45) is 9.48. The van der Waals surface area contributed by atoms with Gasteiger partial charge >= 0.3 is 5.97 Å². The Morgan fingerprint density at radius 2 is 1.38 bits per heavy atom. The minimum Gasteiger partial charge on any atom is -0.504 e. The summed E-state index contributed by atoms with van der Waals surface area (Å²) in [5.41, 5.74) is -0.0233. The number of phenolic OH excluding ortho intramolecular Hbond substituents is 1. The maximum absolute atomic E-state index is 12.8. The summed E-state index contributed by atoms with van der Waals surface area (Å²) >= 11 is 0. The number of carbonyl (C=O) groups is 2. The number of unbranched alkanes of at least 4 members (excludes halogenated alkanes) is 7. The Labute approximate surface area is 172 Å². The van der Waals surface area contributed by atoms with E-state index in [1.54, 1.807) is 24.3 Å². The topological polar surface area (TPSA) is 83.8 Å². The maximum atomic E-state index is 12.8. The molecule has 5 nitrogen and oxygen atoms in total. The van der Waals surface area contributed by atoms with E-state index >= 15 is 0 Å². The normalized spacial score (nSPS) is 10.7. The average molecular weight is 398 g/mol. The molecule has 2 aromatic rings. The number of rotatable bonds is 13. The molecule has 0 heterocycles. The van der Waals surface area contributed by atoms with Crippen LogP contribution in [0, 0.1) is 0 Å². The minimum absolute atomic E-state index is 0.0344. The third-order valence-corrected chi connectivity index (χ3v) is 4.90. The van der Waals surface area contributed by atoms with Crippen LogP contribution in [0.15, 0.2) is 42.5 Å². The smallest absolute Gasteiger partial charge is 0.336 e. The third-order valence-electron chi connectivity index (χ3n) is 4.90. The van der Waals surface area contributed by atoms with Gasteiger partial charge in [-0.15, -0.1) is 0 Å². The van der Waals surface area contributed by atoms with Crippen LogP contribution in [0.1, 0.15) is 84.6 Å². The van der Waals surface area contributed by atoms with Crippen LogP contribution in [0.3, 0.4) is 0 Å². The molecular formula is C24H30O5. The molecule has 0 fully saturated rings. The van der Waals surface area contributed by atoms with Gasteiger partial charge in [-0.25, -0.2) is 4.79 Å². The lowest BCUT2D eigenvalue weighted by molar-refractivity contribution is 0.0692. The van der Waals surface area contributed by atoms with Crippen LogP contribution in [0.4, 0.5) is 0 Å². The Morgan fingerprint density at radius 1 is 0.793 bits per heavy atom. The van der Waals surface area contributed by atoms with Crippen LogP contribution in [-0.2, 0) is 0 Å². The number of ether oxygens (including phenoxy) is 1. The van der Waals surface area contributed by atoms with Gasteiger partial charge in [0.15, 0.2) is 17.3 Å². The van der Waals surface area contributed by atoms with Gasteiger partial charge in [0.25, 0.3) is 0 Å². The first-order chi connectivity index (χ1) is 14.1. The minimum atomic E-state index is -1.18. The molecule has 0 bridgehead atoms. The lowest BCUT2D eigenvalue weighted by Gasteiger charge is -2.12. The SMILES string of the molecule is CCCCCCCCCCOc1cccc(C(=O)c2ccccc2C(=O)O)c1O. The molecule has 5 heteroatoms. The van der Waals surface area contributed by atoms with Crippen molar-refractivity contribution in [3.63, 3.8) is 0 Å². The van der Waals surface area contributed by atoms with Crippen molar-refractivity contribution in [1.82, 2.24) is 0 Å². The quantitative estimate of drug-likeness (QED) is 0.327. The molecule has 0 aromatic heterocycles. The van der Waals surface area contributed by atoms with E-state index in [9.17, 15) is 19.8 Å². The number of carboxylic acids is 1. The van der Waals surface area contributed by atoms with Gasteiger partial charge in [0, 0.05) is 5.56 Å². The van der Waals surface area contributed by atoms with Gasteiger partial charge in [0.05, 0.1) is 17.7 Å². The summed E-state index contributed by atoms with van der Waals surface area (Å²) in [6.45, 7) is 2.67. The Morgan fingerprint density at radius 3 is 2.03 bits per heavy atom. The molecule has 0 atom stereocenters. The molecule has 0 unspecified atom stereocenters. The number of aromatic carboxylic acids is 1. The molecule has 29 heavy (non-hydrogen) atoms. The van der Waals surface area contributed by atoms with Crippen molar-refractivity contribution in [1.29, 1.82) is 0 Å². The highest BCUT2D eigenvalue weighted by molar-refractivity contribution is 6.15. The van der Waals surface area contributed by atoms with Crippen LogP contribution in [0.2, 0.25) is 0 Å². The summed E-state index contributed by atoms with van der Waals surface area (Å²) in [4.78, 5) is 24.2. The predicted octanol–water partition coefficient (Wildman–Crippen LogP) is 5.84. The second kappa shape index (κ2) is 11.9. The van der Waals surface area contributed by atoms with Crippen LogP contribution in [-0.4, -0.2) is 28.6 Å². The Balaban J connectivity index is 1.93. The molecule has 0 saturated heterocycles. The van der Waals surface area contributed by atoms with E-state index in [-0.39, 0.29) is 28.2 Å². The van der Waals surface area contributed by atoms with Gasteiger partial charge < -0.3 is 14.9 Å². The number of carbonyl (C=O) groups excluding carboxylic acids is 1. The number of aromatic hydroxyl groups is 1. The summed E-state index contributed by atoms with van der Waals surface area (Å²) < 4.78 is 5.67. The standard InChI is InChI=1S/C24H30O5/c1-2-3-4-5-6-7-8-11-17-29-21-16-12-15-20(23(21)26)22(25)18-13-9-10-14-19(18)24(27)28/h9-10,12-16,26H,2-8,11,17H2,1H3,(H,27,28). The largest absolute Gasteiger partial charge is 0.504 e. The Kier molecular flexibility index (Phi) is 9.22. The van der Waals surface area contributed by atoms with Gasteiger partial charge in [-0.2, -0.15) is 0 Å². The number of phenols is 1. The summed E-state index contributed by atoms with van der Waals surface area (Å²) in [6, 6.07) is 10.7. The maximum Gasteiger partial charge on any atom is 0.336 e. The van der Waals surface area contributed by atoms with E-state index in [1.165, 1.54) is 56.7 Å². The number of hydrogen-bond donors (Lipinski definition) is 2. The van der Waals surface area contributed by atoms with E-state index in [0.29, 0.717) is 6.61 Å². The zero-order chi connectivity index (χ0) is 21.1. The van der Waals surface area contributed by atoms with Crippen LogP contribution in [0.25, 0.3) is 0 Å². The number of para-hydroxylation sites is 1. The van der Waals surface area contributed by atoms with Crippen molar-refractivity contribution < 1.29 is 24.5 Å². The molecule has 0 spiro atoms. The zero-order valence-corrected chi connectivity index (χ0v) is 17.0. The zero-order valence-electron chi connectivity index (χ0n) is 17.0. The molecule has 2 N–H and O–H groups in total. The first kappa shape index (κ1) is 22.5. The fourth-order valence-corrected chi connectivity index (χ4v) is 3.25. The Bertz CT molecular complexity index is 813. The van der Waals surface area contributed by atoms with Crippen molar-refractivity contribution >= 4 is 11.8 Å². The molecule has 0 aliphatic rings. The Hall–Kier alpha value is -2.82. The van der Waals surface area contributed by atoms with Gasteiger partial charge in [-0.3, -0.25) is 4.79 Å². The number of hydrogen-bond acceptors (Lipinski definition) is 4. The monoisotopic (exact) mass is 398 g/mol. The third kappa shape index (κ3) is 6.63. The molecule has 0 amide bonds. The highest BCUT2D eigenvalue weighted by atomic mass is 16.5. The van der Waals surface area contributed by atoms with Crippen molar-refractivity contribution in [3.05, 3.63) is 59.2 Å². The van der Waals surface area contributed by atoms with Crippen LogP contribution >= 0.6 is 0 Å². The van der Waals surface area contributed by atoms with Crippen molar-refractivity contribution in [2.24, 2.45) is 0 Å². The summed E-state index contributed by atoms with van der Waals surface area (Å²) in [5, 5.41) is 19.8. The van der Waals surface area contributed by atoms with Gasteiger partial charge in [0.1, 0.15) is 0 Å². The fourth-order valence-electron chi connectivity index (χ4n) is 3.25. The first-order valence-corrected chi connectivity index (χ1v) is 10.4. The van der Waals surface area contributed by atoms with E-state index in [4.69, 9.17) is 4.74 Å². The highest BCUT2D eigenvalue weighted by Crippen LogP contribution is 2.32. The van der Waals surface area contributed by atoms with Crippen LogP contribution in [0.5, 0.6) is 11.5 Å². The second-order valence-corrected chi connectivity index (χ2v) is 7.16. The fraction of sp³-hybridized carbons (Fsp3) is 0.417. The van der Waals surface area contributed by atoms with Gasteiger partial charge in [-0.05, 0) is 24.6 Å². The molecule has 0 saturated carbocycles. The summed E-state index contributed by atoms with van der Waals surface area (Å²) in [7, 11) is 0. The molecule has 0 aliphatic carbocycles. The van der Waals surface area contributed by atoms with Gasteiger partial charge in [0.2, 0.25) is 0 Å². The van der Waals surface area contributed by atoms with Crippen molar-refractivity contribution in [2.75, 3.05) is 6.61 Å². The van der Waals surface area contributed by atoms with E-state index in [1.807, 2.05) is 0 Å². The van der Waals surface area contributed by atoms with E-state index in [0.717, 1.165) is 12.8 Å².